The molecule has 0 aliphatic carbocycles. The van der Waals surface area contributed by atoms with Crippen molar-refractivity contribution in [2.75, 3.05) is 33.4 Å². The van der Waals surface area contributed by atoms with Crippen LogP contribution in [0.25, 0.3) is 0 Å². The lowest BCUT2D eigenvalue weighted by Gasteiger charge is -2.31. The number of ether oxygens (including phenoxy) is 1. The lowest BCUT2D eigenvalue weighted by Crippen LogP contribution is -2.52. The minimum atomic E-state index is -0.528. The summed E-state index contributed by atoms with van der Waals surface area (Å²) in [5.74, 6) is -0.583. The van der Waals surface area contributed by atoms with E-state index in [9.17, 15) is 9.59 Å². The summed E-state index contributed by atoms with van der Waals surface area (Å²) in [6.07, 6.45) is -0.0923. The number of morpholine rings is 1. The Morgan fingerprint density at radius 3 is 2.33 bits per heavy atom. The van der Waals surface area contributed by atoms with Gasteiger partial charge in [-0.05, 0) is 0 Å². The van der Waals surface area contributed by atoms with E-state index in [4.69, 9.17) is 9.57 Å². The molecule has 7 nitrogen and oxygen atoms in total. The fourth-order valence-electron chi connectivity index (χ4n) is 1.99. The highest BCUT2D eigenvalue weighted by atomic mass is 16.7. The number of hydrogen-bond donors (Lipinski definition) is 0. The monoisotopic (exact) mass is 256 g/mol. The van der Waals surface area contributed by atoms with E-state index in [1.807, 2.05) is 4.90 Å². The lowest BCUT2D eigenvalue weighted by molar-refractivity contribution is -0.628. The van der Waals surface area contributed by atoms with Gasteiger partial charge in [0.1, 0.15) is 13.8 Å². The summed E-state index contributed by atoms with van der Waals surface area (Å²) in [5, 5.41) is 0.863. The first-order valence-corrected chi connectivity index (χ1v) is 5.97. The molecule has 0 saturated carbocycles. The van der Waals surface area contributed by atoms with E-state index < -0.39 is 6.35 Å². The zero-order valence-corrected chi connectivity index (χ0v) is 10.5. The van der Waals surface area contributed by atoms with E-state index >= 15 is 0 Å². The van der Waals surface area contributed by atoms with Crippen molar-refractivity contribution in [3.8, 4) is 0 Å². The van der Waals surface area contributed by atoms with Crippen LogP contribution in [0, 0.1) is 0 Å². The molecule has 7 heteroatoms. The molecule has 1 unspecified atom stereocenters. The Balaban J connectivity index is 2.03. The summed E-state index contributed by atoms with van der Waals surface area (Å²) < 4.78 is 6.85. The number of hydrogen-bond acceptors (Lipinski definition) is 5. The predicted molar refractivity (Wildman–Crippen MR) is 61.7 cm³/mol. The molecule has 1 atom stereocenters. The molecule has 2 saturated heterocycles. The van der Waals surface area contributed by atoms with E-state index in [1.165, 1.54) is 0 Å². The van der Waals surface area contributed by atoms with Gasteiger partial charge in [-0.3, -0.25) is 9.59 Å². The van der Waals surface area contributed by atoms with Crippen molar-refractivity contribution in [2.24, 2.45) is 0 Å². The molecule has 0 spiro atoms. The normalized spacial score (nSPS) is 23.5. The third-order valence-corrected chi connectivity index (χ3v) is 2.94. The Morgan fingerprint density at radius 2 is 1.83 bits per heavy atom. The minimum Gasteiger partial charge on any atom is -0.379 e. The highest BCUT2D eigenvalue weighted by molar-refractivity contribution is 6.00. The van der Waals surface area contributed by atoms with Crippen LogP contribution in [-0.2, 0) is 19.2 Å². The number of carbonyl (C=O) groups excluding carboxylic acids is 2. The first-order chi connectivity index (χ1) is 8.59. The predicted octanol–water partition coefficient (Wildman–Crippen LogP) is -0.974. The van der Waals surface area contributed by atoms with Crippen LogP contribution in [0.15, 0.2) is 0 Å². The summed E-state index contributed by atoms with van der Waals surface area (Å²) in [7, 11) is 1.74. The van der Waals surface area contributed by atoms with Crippen LogP contribution in [0.2, 0.25) is 0 Å². The minimum absolute atomic E-state index is 0.218. The van der Waals surface area contributed by atoms with Crippen LogP contribution in [0.5, 0.6) is 0 Å². The van der Waals surface area contributed by atoms with Gasteiger partial charge in [-0.2, -0.15) is 4.84 Å². The zero-order valence-electron chi connectivity index (χ0n) is 10.5. The highest BCUT2D eigenvalue weighted by Crippen LogP contribution is 2.16. The molecule has 0 aromatic rings. The third-order valence-electron chi connectivity index (χ3n) is 2.94. The molecule has 2 heterocycles. The van der Waals surface area contributed by atoms with Gasteiger partial charge in [0.2, 0.25) is 0 Å². The lowest BCUT2D eigenvalue weighted by atomic mass is 10.4. The van der Waals surface area contributed by atoms with Gasteiger partial charge in [-0.1, -0.05) is 0 Å². The Labute approximate surface area is 106 Å². The summed E-state index contributed by atoms with van der Waals surface area (Å²) in [5.41, 5.74) is 0. The van der Waals surface area contributed by atoms with Crippen molar-refractivity contribution in [3.63, 3.8) is 0 Å². The van der Waals surface area contributed by atoms with Crippen molar-refractivity contribution in [1.82, 2.24) is 9.96 Å². The fourth-order valence-corrected chi connectivity index (χ4v) is 1.99. The smallest absolute Gasteiger partial charge is 0.342 e. The topological polar surface area (TPSA) is 62.1 Å². The summed E-state index contributed by atoms with van der Waals surface area (Å²) in [6, 6.07) is 0. The second-order valence-electron chi connectivity index (χ2n) is 4.42. The van der Waals surface area contributed by atoms with Gasteiger partial charge in [0.05, 0.1) is 13.2 Å². The van der Waals surface area contributed by atoms with Crippen molar-refractivity contribution >= 4 is 18.5 Å². The second-order valence-corrected chi connectivity index (χ2v) is 4.42. The summed E-state index contributed by atoms with van der Waals surface area (Å²) >= 11 is 0. The molecular weight excluding hydrogens is 238 g/mol. The van der Waals surface area contributed by atoms with Gasteiger partial charge in [0.25, 0.3) is 11.8 Å². The zero-order chi connectivity index (χ0) is 13.1. The molecule has 0 bridgehead atoms. The molecule has 2 aliphatic rings. The van der Waals surface area contributed by atoms with Gasteiger partial charge in [-0.15, -0.1) is 5.06 Å². The largest absolute Gasteiger partial charge is 0.379 e. The number of imide groups is 1. The number of rotatable bonds is 4. The fraction of sp³-hybridized carbons (Fsp3) is 0.727. The van der Waals surface area contributed by atoms with Crippen LogP contribution >= 0.6 is 0 Å². The standard InChI is InChI=1S/C11H18N3O4/c1-12(2)11(13-5-7-17-8-6-13)18-14-9(15)3-4-10(14)16/h11H,1,3-8H2,2H3/q+1. The Hall–Kier alpha value is -1.31. The second kappa shape index (κ2) is 5.55. The molecule has 0 aromatic carbocycles. The van der Waals surface area contributed by atoms with Crippen LogP contribution in [-0.4, -0.2) is 72.8 Å². The summed E-state index contributed by atoms with van der Waals surface area (Å²) in [4.78, 5) is 30.5. The SMILES string of the molecule is C=[N+](C)C(ON1C(=O)CCC1=O)N1CCOCC1. The van der Waals surface area contributed by atoms with Crippen molar-refractivity contribution in [3.05, 3.63) is 0 Å². The number of carbonyl (C=O) groups is 2. The molecule has 0 radical (unpaired) electrons. The van der Waals surface area contributed by atoms with Gasteiger partial charge < -0.3 is 4.74 Å². The van der Waals surface area contributed by atoms with Gasteiger partial charge in [0.15, 0.2) is 0 Å². The molecular formula is C11H18N3O4+. The number of amides is 2. The highest BCUT2D eigenvalue weighted by Gasteiger charge is 2.37. The third kappa shape index (κ3) is 2.74. The first kappa shape index (κ1) is 13.1. The maximum atomic E-state index is 11.5. The van der Waals surface area contributed by atoms with Crippen LogP contribution in [0.1, 0.15) is 12.8 Å². The Bertz CT molecular complexity index is 349. The van der Waals surface area contributed by atoms with Crippen LogP contribution < -0.4 is 0 Å². The Morgan fingerprint density at radius 1 is 1.28 bits per heavy atom. The van der Waals surface area contributed by atoms with Gasteiger partial charge in [0, 0.05) is 25.9 Å². The Kier molecular flexibility index (Phi) is 4.05. The van der Waals surface area contributed by atoms with E-state index in [-0.39, 0.29) is 24.7 Å². The molecule has 2 amide bonds. The quantitative estimate of drug-likeness (QED) is 0.280. The maximum Gasteiger partial charge on any atom is 0.342 e. The van der Waals surface area contributed by atoms with Crippen LogP contribution in [0.4, 0.5) is 0 Å². The summed E-state index contributed by atoms with van der Waals surface area (Å²) in [6.45, 7) is 6.36. The molecule has 2 rings (SSSR count). The van der Waals surface area contributed by atoms with Crippen molar-refractivity contribution in [1.29, 1.82) is 0 Å². The van der Waals surface area contributed by atoms with Gasteiger partial charge >= 0.3 is 6.35 Å². The van der Waals surface area contributed by atoms with Crippen molar-refractivity contribution in [2.45, 2.75) is 19.2 Å². The molecule has 18 heavy (non-hydrogen) atoms. The van der Waals surface area contributed by atoms with Gasteiger partial charge in [-0.25, -0.2) is 9.48 Å². The molecule has 100 valence electrons. The van der Waals surface area contributed by atoms with E-state index in [1.54, 1.807) is 11.6 Å². The van der Waals surface area contributed by atoms with E-state index in [0.717, 1.165) is 5.06 Å². The molecule has 2 aliphatic heterocycles. The maximum absolute atomic E-state index is 11.5. The number of nitrogens with zero attached hydrogens (tertiary/aromatic N) is 3. The van der Waals surface area contributed by atoms with Crippen molar-refractivity contribution < 1.29 is 23.7 Å². The molecule has 2 fully saturated rings. The molecule has 0 aromatic heterocycles. The van der Waals surface area contributed by atoms with E-state index in [2.05, 4.69) is 6.72 Å². The molecule has 0 N–H and O–H groups in total. The average molecular weight is 256 g/mol. The number of hydroxylamine groups is 2. The average Bonchev–Trinajstić information content (AvgIpc) is 2.67. The first-order valence-electron chi connectivity index (χ1n) is 5.97. The van der Waals surface area contributed by atoms with Crippen LogP contribution in [0.3, 0.4) is 0 Å². The van der Waals surface area contributed by atoms with E-state index in [0.29, 0.717) is 26.3 Å².